The van der Waals surface area contributed by atoms with E-state index in [1.165, 1.54) is 6.07 Å². The molecule has 0 aromatic heterocycles. The van der Waals surface area contributed by atoms with Crippen LogP contribution in [0.4, 0.5) is 4.39 Å². The number of benzene rings is 1. The number of rotatable bonds is 5. The van der Waals surface area contributed by atoms with Crippen LogP contribution in [0.5, 0.6) is 0 Å². The Hall–Kier alpha value is -1.44. The zero-order chi connectivity index (χ0) is 15.2. The third-order valence-electron chi connectivity index (χ3n) is 3.75. The standard InChI is InChI=1S/C17H17BrFNO/c1-21-7-6-12-4-2-3-5-13(12)9-16-14(11-20)8-15(18)10-17(16)19/h2-5,8,10,12-13H,6-7,9H2,1H3. The molecule has 0 bridgehead atoms. The third-order valence-corrected chi connectivity index (χ3v) is 4.21. The topological polar surface area (TPSA) is 33.0 Å². The first-order valence-electron chi connectivity index (χ1n) is 6.87. The van der Waals surface area contributed by atoms with Crippen LogP contribution in [0.1, 0.15) is 17.5 Å². The summed E-state index contributed by atoms with van der Waals surface area (Å²) in [6, 6.07) is 5.18. The van der Waals surface area contributed by atoms with E-state index in [1.54, 1.807) is 13.2 Å². The van der Waals surface area contributed by atoms with Gasteiger partial charge in [0.2, 0.25) is 0 Å². The maximum absolute atomic E-state index is 14.2. The number of ether oxygens (including phenoxy) is 1. The molecule has 1 aromatic carbocycles. The van der Waals surface area contributed by atoms with E-state index >= 15 is 0 Å². The highest BCUT2D eigenvalue weighted by molar-refractivity contribution is 9.10. The molecule has 4 heteroatoms. The van der Waals surface area contributed by atoms with Gasteiger partial charge < -0.3 is 4.74 Å². The second kappa shape index (κ2) is 7.53. The van der Waals surface area contributed by atoms with E-state index in [-0.39, 0.29) is 11.7 Å². The Morgan fingerprint density at radius 1 is 1.29 bits per heavy atom. The van der Waals surface area contributed by atoms with Gasteiger partial charge in [-0.05, 0) is 36.8 Å². The Morgan fingerprint density at radius 3 is 2.67 bits per heavy atom. The SMILES string of the molecule is COCCC1C=CC=CC1Cc1c(F)cc(Br)cc1C#N. The molecule has 0 spiro atoms. The maximum atomic E-state index is 14.2. The minimum atomic E-state index is -0.325. The molecule has 1 aromatic rings. The van der Waals surface area contributed by atoms with Crippen molar-refractivity contribution in [3.8, 4) is 6.07 Å². The van der Waals surface area contributed by atoms with Crippen molar-refractivity contribution in [3.63, 3.8) is 0 Å². The fourth-order valence-electron chi connectivity index (χ4n) is 2.63. The molecule has 1 aliphatic rings. The monoisotopic (exact) mass is 349 g/mol. The van der Waals surface area contributed by atoms with Gasteiger partial charge in [0.15, 0.2) is 0 Å². The van der Waals surface area contributed by atoms with E-state index in [4.69, 9.17) is 4.74 Å². The van der Waals surface area contributed by atoms with Crippen LogP contribution in [-0.4, -0.2) is 13.7 Å². The van der Waals surface area contributed by atoms with Gasteiger partial charge in [-0.1, -0.05) is 40.2 Å². The van der Waals surface area contributed by atoms with Crippen molar-refractivity contribution >= 4 is 15.9 Å². The Labute approximate surface area is 133 Å². The predicted octanol–water partition coefficient (Wildman–Crippen LogP) is 4.40. The van der Waals surface area contributed by atoms with Crippen LogP contribution in [-0.2, 0) is 11.2 Å². The van der Waals surface area contributed by atoms with Crippen molar-refractivity contribution in [1.82, 2.24) is 0 Å². The quantitative estimate of drug-likeness (QED) is 0.789. The molecule has 110 valence electrons. The lowest BCUT2D eigenvalue weighted by Gasteiger charge is -2.24. The molecule has 0 saturated carbocycles. The highest BCUT2D eigenvalue weighted by Gasteiger charge is 2.22. The zero-order valence-electron chi connectivity index (χ0n) is 11.9. The minimum Gasteiger partial charge on any atom is -0.385 e. The zero-order valence-corrected chi connectivity index (χ0v) is 13.4. The molecular formula is C17H17BrFNO. The normalized spacial score (nSPS) is 20.5. The van der Waals surface area contributed by atoms with Crippen LogP contribution < -0.4 is 0 Å². The second-order valence-corrected chi connectivity index (χ2v) is 6.02. The predicted molar refractivity (Wildman–Crippen MR) is 84.3 cm³/mol. The van der Waals surface area contributed by atoms with Gasteiger partial charge in [0, 0.05) is 23.8 Å². The summed E-state index contributed by atoms with van der Waals surface area (Å²) in [5.74, 6) is 0.173. The van der Waals surface area contributed by atoms with E-state index in [0.717, 1.165) is 6.42 Å². The lowest BCUT2D eigenvalue weighted by atomic mass is 9.81. The van der Waals surface area contributed by atoms with E-state index < -0.39 is 0 Å². The van der Waals surface area contributed by atoms with Crippen molar-refractivity contribution in [3.05, 3.63) is 57.9 Å². The Morgan fingerprint density at radius 2 is 2.00 bits per heavy atom. The lowest BCUT2D eigenvalue weighted by Crippen LogP contribution is -2.18. The fraction of sp³-hybridized carbons (Fsp3) is 0.353. The highest BCUT2D eigenvalue weighted by atomic mass is 79.9. The van der Waals surface area contributed by atoms with Crippen molar-refractivity contribution in [2.45, 2.75) is 12.8 Å². The summed E-state index contributed by atoms with van der Waals surface area (Å²) < 4.78 is 19.9. The third kappa shape index (κ3) is 4.03. The molecule has 0 radical (unpaired) electrons. The Kier molecular flexibility index (Phi) is 5.72. The van der Waals surface area contributed by atoms with Gasteiger partial charge >= 0.3 is 0 Å². The summed E-state index contributed by atoms with van der Waals surface area (Å²) >= 11 is 3.23. The number of halogens is 2. The van der Waals surface area contributed by atoms with Gasteiger partial charge in [0.05, 0.1) is 11.6 Å². The smallest absolute Gasteiger partial charge is 0.128 e. The van der Waals surface area contributed by atoms with Gasteiger partial charge in [-0.15, -0.1) is 0 Å². The summed E-state index contributed by atoms with van der Waals surface area (Å²) in [5.41, 5.74) is 0.892. The lowest BCUT2D eigenvalue weighted by molar-refractivity contribution is 0.176. The summed E-state index contributed by atoms with van der Waals surface area (Å²) in [7, 11) is 1.68. The summed E-state index contributed by atoms with van der Waals surface area (Å²) in [6.45, 7) is 0.674. The van der Waals surface area contributed by atoms with Gasteiger partial charge in [0.25, 0.3) is 0 Å². The van der Waals surface area contributed by atoms with Crippen LogP contribution >= 0.6 is 15.9 Å². The fourth-order valence-corrected chi connectivity index (χ4v) is 3.06. The molecule has 0 aliphatic heterocycles. The second-order valence-electron chi connectivity index (χ2n) is 5.11. The van der Waals surface area contributed by atoms with Gasteiger partial charge in [-0.3, -0.25) is 0 Å². The van der Waals surface area contributed by atoms with E-state index in [1.807, 2.05) is 12.2 Å². The van der Waals surface area contributed by atoms with Crippen molar-refractivity contribution in [1.29, 1.82) is 5.26 Å². The Bertz CT molecular complexity index is 604. The number of allylic oxidation sites excluding steroid dienone is 4. The first-order valence-corrected chi connectivity index (χ1v) is 7.67. The van der Waals surface area contributed by atoms with Crippen LogP contribution in [0.15, 0.2) is 40.9 Å². The number of nitriles is 1. The van der Waals surface area contributed by atoms with Crippen LogP contribution in [0.3, 0.4) is 0 Å². The number of nitrogens with zero attached hydrogens (tertiary/aromatic N) is 1. The average Bonchev–Trinajstić information content (AvgIpc) is 2.48. The summed E-state index contributed by atoms with van der Waals surface area (Å²) in [6.07, 6.45) is 9.63. The molecule has 1 aliphatic carbocycles. The molecule has 2 rings (SSSR count). The average molecular weight is 350 g/mol. The first-order chi connectivity index (χ1) is 10.2. The molecule has 0 heterocycles. The molecule has 2 atom stereocenters. The number of hydrogen-bond donors (Lipinski definition) is 0. The molecule has 0 fully saturated rings. The van der Waals surface area contributed by atoms with Crippen molar-refractivity contribution in [2.24, 2.45) is 11.8 Å². The maximum Gasteiger partial charge on any atom is 0.128 e. The van der Waals surface area contributed by atoms with Gasteiger partial charge in [-0.2, -0.15) is 5.26 Å². The van der Waals surface area contributed by atoms with E-state index in [9.17, 15) is 9.65 Å². The van der Waals surface area contributed by atoms with Crippen LogP contribution in [0.2, 0.25) is 0 Å². The minimum absolute atomic E-state index is 0.188. The molecule has 0 saturated heterocycles. The molecule has 21 heavy (non-hydrogen) atoms. The summed E-state index contributed by atoms with van der Waals surface area (Å²) in [5, 5.41) is 9.21. The van der Waals surface area contributed by atoms with E-state index in [0.29, 0.717) is 34.5 Å². The number of hydrogen-bond acceptors (Lipinski definition) is 2. The Balaban J connectivity index is 2.22. The molecule has 0 N–H and O–H groups in total. The largest absolute Gasteiger partial charge is 0.385 e. The molecule has 2 unspecified atom stereocenters. The van der Waals surface area contributed by atoms with Crippen molar-refractivity contribution < 1.29 is 9.13 Å². The molecule has 2 nitrogen and oxygen atoms in total. The van der Waals surface area contributed by atoms with Crippen molar-refractivity contribution in [2.75, 3.05) is 13.7 Å². The van der Waals surface area contributed by atoms with Crippen LogP contribution in [0, 0.1) is 29.0 Å². The first kappa shape index (κ1) is 15.9. The van der Waals surface area contributed by atoms with Gasteiger partial charge in [-0.25, -0.2) is 4.39 Å². The van der Waals surface area contributed by atoms with E-state index in [2.05, 4.69) is 34.2 Å². The van der Waals surface area contributed by atoms with Crippen LogP contribution in [0.25, 0.3) is 0 Å². The summed E-state index contributed by atoms with van der Waals surface area (Å²) in [4.78, 5) is 0. The molecule has 0 amide bonds. The van der Waals surface area contributed by atoms with Gasteiger partial charge in [0.1, 0.15) is 5.82 Å². The highest BCUT2D eigenvalue weighted by Crippen LogP contribution is 2.30. The number of methoxy groups -OCH3 is 1. The molecular weight excluding hydrogens is 333 g/mol.